The summed E-state index contributed by atoms with van der Waals surface area (Å²) in [6.07, 6.45) is 3.07. The Balaban J connectivity index is 1.93. The molecule has 5 heteroatoms. The fraction of sp³-hybridized carbons (Fsp3) is 0.154. The van der Waals surface area contributed by atoms with Crippen LogP contribution in [0.15, 0.2) is 48.9 Å². The predicted molar refractivity (Wildman–Crippen MR) is 67.2 cm³/mol. The zero-order valence-corrected chi connectivity index (χ0v) is 9.78. The van der Waals surface area contributed by atoms with Crippen molar-refractivity contribution in [2.75, 3.05) is 0 Å². The SMILES string of the molecule is N[C@@H](C(=O)NCc1ccncn1)c1ccccc1. The van der Waals surface area contributed by atoms with Crippen LogP contribution >= 0.6 is 0 Å². The number of nitrogens with two attached hydrogens (primary N) is 1. The van der Waals surface area contributed by atoms with Crippen LogP contribution in [0.2, 0.25) is 0 Å². The lowest BCUT2D eigenvalue weighted by Gasteiger charge is -2.12. The molecule has 1 amide bonds. The molecule has 18 heavy (non-hydrogen) atoms. The molecule has 0 saturated heterocycles. The van der Waals surface area contributed by atoms with Gasteiger partial charge in [-0.25, -0.2) is 9.97 Å². The molecule has 0 spiro atoms. The van der Waals surface area contributed by atoms with E-state index in [1.54, 1.807) is 12.3 Å². The Kier molecular flexibility index (Phi) is 3.98. The number of hydrogen-bond acceptors (Lipinski definition) is 4. The highest BCUT2D eigenvalue weighted by atomic mass is 16.2. The van der Waals surface area contributed by atoms with Gasteiger partial charge in [-0.2, -0.15) is 0 Å². The quantitative estimate of drug-likeness (QED) is 0.830. The van der Waals surface area contributed by atoms with Gasteiger partial charge in [0.25, 0.3) is 0 Å². The molecule has 1 aromatic heterocycles. The average molecular weight is 242 g/mol. The van der Waals surface area contributed by atoms with Crippen LogP contribution in [0.3, 0.4) is 0 Å². The minimum Gasteiger partial charge on any atom is -0.349 e. The molecule has 2 aromatic rings. The van der Waals surface area contributed by atoms with E-state index in [2.05, 4.69) is 15.3 Å². The Morgan fingerprint density at radius 1 is 1.28 bits per heavy atom. The molecule has 0 saturated carbocycles. The van der Waals surface area contributed by atoms with Crippen molar-refractivity contribution in [2.24, 2.45) is 5.73 Å². The van der Waals surface area contributed by atoms with Crippen LogP contribution in [0.25, 0.3) is 0 Å². The van der Waals surface area contributed by atoms with Gasteiger partial charge in [0.15, 0.2) is 0 Å². The molecule has 1 heterocycles. The van der Waals surface area contributed by atoms with E-state index in [1.165, 1.54) is 6.33 Å². The zero-order valence-electron chi connectivity index (χ0n) is 9.78. The van der Waals surface area contributed by atoms with Gasteiger partial charge in [-0.05, 0) is 11.6 Å². The predicted octanol–water partition coefficient (Wildman–Crippen LogP) is 0.793. The third-order valence-corrected chi connectivity index (χ3v) is 2.53. The maximum Gasteiger partial charge on any atom is 0.241 e. The third kappa shape index (κ3) is 3.11. The second kappa shape index (κ2) is 5.88. The minimum atomic E-state index is -0.659. The van der Waals surface area contributed by atoms with Crippen LogP contribution in [0.1, 0.15) is 17.3 Å². The van der Waals surface area contributed by atoms with Crippen LogP contribution < -0.4 is 11.1 Å². The summed E-state index contributed by atoms with van der Waals surface area (Å²) in [6, 6.07) is 10.3. The van der Waals surface area contributed by atoms with Crippen LogP contribution in [0, 0.1) is 0 Å². The van der Waals surface area contributed by atoms with E-state index in [9.17, 15) is 4.79 Å². The monoisotopic (exact) mass is 242 g/mol. The Labute approximate surface area is 105 Å². The van der Waals surface area contributed by atoms with Gasteiger partial charge in [0.1, 0.15) is 12.4 Å². The van der Waals surface area contributed by atoms with E-state index in [0.717, 1.165) is 11.3 Å². The minimum absolute atomic E-state index is 0.222. The summed E-state index contributed by atoms with van der Waals surface area (Å²) in [5.41, 5.74) is 7.40. The fourth-order valence-electron chi connectivity index (χ4n) is 1.52. The second-order valence-electron chi connectivity index (χ2n) is 3.81. The molecule has 1 aromatic carbocycles. The van der Waals surface area contributed by atoms with E-state index < -0.39 is 6.04 Å². The van der Waals surface area contributed by atoms with Gasteiger partial charge in [0, 0.05) is 6.20 Å². The largest absolute Gasteiger partial charge is 0.349 e. The molecule has 0 unspecified atom stereocenters. The molecule has 92 valence electrons. The van der Waals surface area contributed by atoms with Gasteiger partial charge in [-0.1, -0.05) is 30.3 Å². The Morgan fingerprint density at radius 3 is 2.72 bits per heavy atom. The van der Waals surface area contributed by atoms with Gasteiger partial charge in [0.2, 0.25) is 5.91 Å². The molecule has 0 bridgehead atoms. The first-order chi connectivity index (χ1) is 8.77. The van der Waals surface area contributed by atoms with Crippen LogP contribution in [0.4, 0.5) is 0 Å². The van der Waals surface area contributed by atoms with E-state index in [4.69, 9.17) is 5.73 Å². The molecule has 0 aliphatic heterocycles. The Morgan fingerprint density at radius 2 is 2.06 bits per heavy atom. The van der Waals surface area contributed by atoms with Gasteiger partial charge in [-0.3, -0.25) is 4.79 Å². The summed E-state index contributed by atoms with van der Waals surface area (Å²) in [5.74, 6) is -0.222. The van der Waals surface area contributed by atoms with E-state index in [1.807, 2.05) is 30.3 Å². The third-order valence-electron chi connectivity index (χ3n) is 2.53. The first-order valence-electron chi connectivity index (χ1n) is 5.60. The maximum absolute atomic E-state index is 11.8. The molecule has 0 aliphatic rings. The molecule has 3 N–H and O–H groups in total. The van der Waals surface area contributed by atoms with Crippen molar-refractivity contribution in [2.45, 2.75) is 12.6 Å². The summed E-state index contributed by atoms with van der Waals surface area (Å²) in [7, 11) is 0. The summed E-state index contributed by atoms with van der Waals surface area (Å²) >= 11 is 0. The molecule has 1 atom stereocenters. The van der Waals surface area contributed by atoms with Gasteiger partial charge in [-0.15, -0.1) is 0 Å². The lowest BCUT2D eigenvalue weighted by Crippen LogP contribution is -2.33. The van der Waals surface area contributed by atoms with Crippen LogP contribution in [-0.2, 0) is 11.3 Å². The van der Waals surface area contributed by atoms with Crippen molar-refractivity contribution >= 4 is 5.91 Å². The van der Waals surface area contributed by atoms with Crippen molar-refractivity contribution in [3.8, 4) is 0 Å². The van der Waals surface area contributed by atoms with Crippen molar-refractivity contribution in [1.29, 1.82) is 0 Å². The summed E-state index contributed by atoms with van der Waals surface area (Å²) in [4.78, 5) is 19.7. The Bertz CT molecular complexity index is 501. The normalized spacial score (nSPS) is 11.8. The highest BCUT2D eigenvalue weighted by Gasteiger charge is 2.14. The molecular weight excluding hydrogens is 228 g/mol. The molecule has 2 rings (SSSR count). The number of nitrogens with one attached hydrogen (secondary N) is 1. The molecule has 0 fully saturated rings. The number of benzene rings is 1. The zero-order chi connectivity index (χ0) is 12.8. The molecule has 0 radical (unpaired) electrons. The molecule has 5 nitrogen and oxygen atoms in total. The van der Waals surface area contributed by atoms with Crippen LogP contribution in [0.5, 0.6) is 0 Å². The smallest absolute Gasteiger partial charge is 0.241 e. The van der Waals surface area contributed by atoms with E-state index in [-0.39, 0.29) is 5.91 Å². The van der Waals surface area contributed by atoms with Crippen molar-refractivity contribution in [3.63, 3.8) is 0 Å². The average Bonchev–Trinajstić information content (AvgIpc) is 2.46. The first-order valence-corrected chi connectivity index (χ1v) is 5.60. The fourth-order valence-corrected chi connectivity index (χ4v) is 1.52. The number of amides is 1. The number of hydrogen-bond donors (Lipinski definition) is 2. The van der Waals surface area contributed by atoms with Gasteiger partial charge < -0.3 is 11.1 Å². The number of nitrogens with zero attached hydrogens (tertiary/aromatic N) is 2. The lowest BCUT2D eigenvalue weighted by molar-refractivity contribution is -0.122. The number of carbonyl (C=O) groups excluding carboxylic acids is 1. The summed E-state index contributed by atoms with van der Waals surface area (Å²) in [5, 5.41) is 2.74. The lowest BCUT2D eigenvalue weighted by atomic mass is 10.1. The first kappa shape index (κ1) is 12.2. The number of aromatic nitrogens is 2. The Hall–Kier alpha value is -2.27. The second-order valence-corrected chi connectivity index (χ2v) is 3.81. The highest BCUT2D eigenvalue weighted by Crippen LogP contribution is 2.09. The highest BCUT2D eigenvalue weighted by molar-refractivity contribution is 5.82. The van der Waals surface area contributed by atoms with E-state index >= 15 is 0 Å². The van der Waals surface area contributed by atoms with Gasteiger partial charge >= 0.3 is 0 Å². The standard InChI is InChI=1S/C13H14N4O/c14-12(10-4-2-1-3-5-10)13(18)16-8-11-6-7-15-9-17-11/h1-7,9,12H,8,14H2,(H,16,18)/t12-/m1/s1. The van der Waals surface area contributed by atoms with Crippen molar-refractivity contribution in [3.05, 3.63) is 60.2 Å². The number of carbonyl (C=O) groups is 1. The molecule has 0 aliphatic carbocycles. The molecular formula is C13H14N4O. The maximum atomic E-state index is 11.8. The summed E-state index contributed by atoms with van der Waals surface area (Å²) < 4.78 is 0. The van der Waals surface area contributed by atoms with Crippen molar-refractivity contribution in [1.82, 2.24) is 15.3 Å². The van der Waals surface area contributed by atoms with Crippen molar-refractivity contribution < 1.29 is 4.79 Å². The summed E-state index contributed by atoms with van der Waals surface area (Å²) in [6.45, 7) is 0.349. The van der Waals surface area contributed by atoms with Gasteiger partial charge in [0.05, 0.1) is 12.2 Å². The number of rotatable bonds is 4. The van der Waals surface area contributed by atoms with E-state index in [0.29, 0.717) is 6.54 Å². The van der Waals surface area contributed by atoms with Crippen LogP contribution in [-0.4, -0.2) is 15.9 Å². The topological polar surface area (TPSA) is 80.9 Å².